The number of nitrogens with two attached hydrogens (primary N) is 2. The first-order valence-corrected chi connectivity index (χ1v) is 16.1. The van der Waals surface area contributed by atoms with Crippen LogP contribution in [0.25, 0.3) is 0 Å². The molecule has 0 aliphatic rings. The normalized spacial score (nSPS) is 16.9. The highest BCUT2D eigenvalue weighted by molar-refractivity contribution is 7.90. The Morgan fingerprint density at radius 3 is 1.93 bits per heavy atom. The first-order chi connectivity index (χ1) is 19.4. The van der Waals surface area contributed by atoms with Crippen LogP contribution in [0.4, 0.5) is 5.69 Å². The molecule has 9 heteroatoms. The molecule has 8 nitrogen and oxygen atoms in total. The van der Waals surface area contributed by atoms with Gasteiger partial charge < -0.3 is 22.1 Å². The third-order valence-corrected chi connectivity index (χ3v) is 9.95. The summed E-state index contributed by atoms with van der Waals surface area (Å²) in [6.45, 7) is 16.9. The van der Waals surface area contributed by atoms with Crippen LogP contribution in [0.15, 0.2) is 71.1 Å². The summed E-state index contributed by atoms with van der Waals surface area (Å²) in [6.07, 6.45) is 1.88. The Kier molecular flexibility index (Phi) is 12.0. The van der Waals surface area contributed by atoms with E-state index in [1.165, 1.54) is 17.7 Å². The highest BCUT2D eigenvalue weighted by Crippen LogP contribution is 2.40. The van der Waals surface area contributed by atoms with Gasteiger partial charge in [-0.3, -0.25) is 4.79 Å². The van der Waals surface area contributed by atoms with Crippen molar-refractivity contribution < 1.29 is 13.2 Å². The number of hydrogen-bond donors (Lipinski definition) is 5. The lowest BCUT2D eigenvalue weighted by molar-refractivity contribution is -0.115. The van der Waals surface area contributed by atoms with E-state index in [9.17, 15) is 13.2 Å². The minimum absolute atomic E-state index is 0.0321. The van der Waals surface area contributed by atoms with Crippen LogP contribution in [0.1, 0.15) is 61.0 Å². The Balaban J connectivity index is 2.50. The van der Waals surface area contributed by atoms with E-state index in [0.29, 0.717) is 5.57 Å². The lowest BCUT2D eigenvalue weighted by atomic mass is 9.62. The second-order valence-electron chi connectivity index (χ2n) is 13.3. The van der Waals surface area contributed by atoms with Gasteiger partial charge in [0.05, 0.1) is 5.69 Å². The molecule has 7 N–H and O–H groups in total. The molecule has 0 fully saturated rings. The van der Waals surface area contributed by atoms with E-state index >= 15 is 0 Å². The quantitative estimate of drug-likeness (QED) is 0.169. The van der Waals surface area contributed by atoms with Gasteiger partial charge in [-0.15, -0.1) is 0 Å². The molecule has 0 aliphatic heterocycles. The minimum Gasteiger partial charge on any atom is -0.398 e. The fraction of sp³-hybridized carbons (Fsp3) is 0.545. The van der Waals surface area contributed by atoms with Crippen molar-refractivity contribution in [1.82, 2.24) is 15.4 Å². The number of carbonyl (C=O) groups excluding carboxylic acids is 1. The summed E-state index contributed by atoms with van der Waals surface area (Å²) in [7, 11) is -0.256. The molecule has 0 saturated heterocycles. The van der Waals surface area contributed by atoms with Gasteiger partial charge in [-0.1, -0.05) is 97.0 Å². The van der Waals surface area contributed by atoms with Crippen LogP contribution in [-0.4, -0.2) is 46.5 Å². The average molecular weight is 600 g/mol. The zero-order chi connectivity index (χ0) is 32.0. The Morgan fingerprint density at radius 2 is 1.45 bits per heavy atom. The maximum absolute atomic E-state index is 13.2. The number of sulfonamides is 1. The molecule has 0 spiro atoms. The van der Waals surface area contributed by atoms with E-state index in [-0.39, 0.29) is 57.3 Å². The second-order valence-corrected chi connectivity index (χ2v) is 14.9. The molecule has 0 aromatic heterocycles. The van der Waals surface area contributed by atoms with Crippen LogP contribution in [0, 0.1) is 23.2 Å². The van der Waals surface area contributed by atoms with E-state index in [2.05, 4.69) is 76.0 Å². The molecule has 234 valence electrons. The molecule has 1 amide bonds. The van der Waals surface area contributed by atoms with Gasteiger partial charge in [-0.05, 0) is 61.9 Å². The van der Waals surface area contributed by atoms with Crippen LogP contribution < -0.4 is 26.8 Å². The molecule has 0 aliphatic carbocycles. The largest absolute Gasteiger partial charge is 0.398 e. The van der Waals surface area contributed by atoms with Crippen molar-refractivity contribution in [1.29, 1.82) is 0 Å². The first-order valence-electron chi connectivity index (χ1n) is 14.7. The van der Waals surface area contributed by atoms with Crippen LogP contribution in [0.5, 0.6) is 0 Å². The minimum atomic E-state index is -4.14. The van der Waals surface area contributed by atoms with Crippen LogP contribution in [-0.2, 0) is 20.2 Å². The molecule has 0 radical (unpaired) electrons. The topological polar surface area (TPSA) is 139 Å². The number of anilines is 1. The summed E-state index contributed by atoms with van der Waals surface area (Å²) in [4.78, 5) is 13.1. The van der Waals surface area contributed by atoms with Gasteiger partial charge in [0, 0.05) is 29.1 Å². The van der Waals surface area contributed by atoms with Crippen LogP contribution in [0.2, 0.25) is 0 Å². The van der Waals surface area contributed by atoms with E-state index < -0.39 is 15.9 Å². The van der Waals surface area contributed by atoms with Crippen molar-refractivity contribution in [2.75, 3.05) is 19.8 Å². The highest BCUT2D eigenvalue weighted by Gasteiger charge is 2.46. The summed E-state index contributed by atoms with van der Waals surface area (Å²) in [5.41, 5.74) is 14.2. The van der Waals surface area contributed by atoms with E-state index in [1.807, 2.05) is 38.4 Å². The van der Waals surface area contributed by atoms with Crippen LogP contribution >= 0.6 is 0 Å². The zero-order valence-corrected chi connectivity index (χ0v) is 27.8. The summed E-state index contributed by atoms with van der Waals surface area (Å²) in [5.74, 6) is -0.722. The van der Waals surface area contributed by atoms with Crippen LogP contribution in [0.3, 0.4) is 0 Å². The lowest BCUT2D eigenvalue weighted by Gasteiger charge is -2.50. The molecular weight excluding hydrogens is 546 g/mol. The molecule has 2 aromatic carbocycles. The number of nitrogen functional groups attached to an aromatic ring is 1. The van der Waals surface area contributed by atoms with Crippen molar-refractivity contribution in [2.45, 2.75) is 83.8 Å². The number of likely N-dealkylation sites (N-methyl/N-ethyl adjacent to an activating group) is 1. The van der Waals surface area contributed by atoms with Gasteiger partial charge in [0.2, 0.25) is 0 Å². The predicted molar refractivity (Wildman–Crippen MR) is 174 cm³/mol. The molecule has 0 heterocycles. The molecule has 0 bridgehead atoms. The number of nitrogens with one attached hydrogen (secondary N) is 3. The lowest BCUT2D eigenvalue weighted by Crippen LogP contribution is -2.64. The van der Waals surface area contributed by atoms with E-state index in [1.54, 1.807) is 19.1 Å². The fourth-order valence-electron chi connectivity index (χ4n) is 6.31. The van der Waals surface area contributed by atoms with Gasteiger partial charge in [0.1, 0.15) is 4.90 Å². The van der Waals surface area contributed by atoms with Crippen molar-refractivity contribution in [3.05, 3.63) is 71.8 Å². The van der Waals surface area contributed by atoms with E-state index in [4.69, 9.17) is 11.5 Å². The number of carbonyl (C=O) groups is 1. The SMILES string of the molecule is CNC([C@H](/C=C(\C)C(=O)NS(=O)(=O)c1ccccc1N)C(C)C)[C@H](C(N)[C@@H](NC)C(C)(C)c1ccccc1)C(C)(C)C. The number of benzene rings is 2. The number of amides is 1. The summed E-state index contributed by atoms with van der Waals surface area (Å²) < 4.78 is 28.1. The second kappa shape index (κ2) is 14.2. The van der Waals surface area contributed by atoms with Gasteiger partial charge >= 0.3 is 0 Å². The maximum Gasteiger partial charge on any atom is 0.266 e. The molecule has 2 rings (SSSR count). The Bertz CT molecular complexity index is 1320. The smallest absolute Gasteiger partial charge is 0.266 e. The maximum atomic E-state index is 13.2. The number of para-hydroxylation sites is 1. The van der Waals surface area contributed by atoms with E-state index in [0.717, 1.165) is 0 Å². The monoisotopic (exact) mass is 599 g/mol. The van der Waals surface area contributed by atoms with Gasteiger partial charge in [-0.2, -0.15) is 0 Å². The standard InChI is InChI=1S/C33H53N5O3S/c1-21(2)24(20-22(3)31(39)38-42(40,41)26-19-15-14-18-25(26)34)29(36-9)27(32(4,5)6)28(35)30(37-10)33(7,8)23-16-12-11-13-17-23/h11-21,24,27-30,36-37H,34-35H2,1-10H3,(H,38,39)/b22-20+/t24-,27+,28?,29?,30-/m1/s1. The zero-order valence-electron chi connectivity index (χ0n) is 27.0. The third-order valence-electron chi connectivity index (χ3n) is 8.55. The van der Waals surface area contributed by atoms with Crippen molar-refractivity contribution in [3.63, 3.8) is 0 Å². The van der Waals surface area contributed by atoms with Crippen molar-refractivity contribution >= 4 is 21.6 Å². The Labute approximate surface area is 254 Å². The van der Waals surface area contributed by atoms with Crippen molar-refractivity contribution in [2.24, 2.45) is 28.9 Å². The summed E-state index contributed by atoms with van der Waals surface area (Å²) >= 11 is 0. The number of hydrogen-bond acceptors (Lipinski definition) is 7. The molecule has 42 heavy (non-hydrogen) atoms. The van der Waals surface area contributed by atoms with Gasteiger partial charge in [-0.25, -0.2) is 13.1 Å². The van der Waals surface area contributed by atoms with Crippen molar-refractivity contribution in [3.8, 4) is 0 Å². The molecular formula is C33H53N5O3S. The first kappa shape index (κ1) is 35.5. The Morgan fingerprint density at radius 1 is 0.905 bits per heavy atom. The molecule has 5 atom stereocenters. The summed E-state index contributed by atoms with van der Waals surface area (Å²) in [5, 5.41) is 7.08. The highest BCUT2D eigenvalue weighted by atomic mass is 32.2. The summed E-state index contributed by atoms with van der Waals surface area (Å²) in [6, 6.07) is 16.0. The number of rotatable bonds is 13. The molecule has 0 saturated carbocycles. The van der Waals surface area contributed by atoms with Gasteiger partial charge in [0.15, 0.2) is 0 Å². The van der Waals surface area contributed by atoms with Gasteiger partial charge in [0.25, 0.3) is 15.9 Å². The predicted octanol–water partition coefficient (Wildman–Crippen LogP) is 4.44. The third kappa shape index (κ3) is 8.22. The Hall–Kier alpha value is -2.72. The average Bonchev–Trinajstić information content (AvgIpc) is 2.90. The molecule has 2 unspecified atom stereocenters. The fourth-order valence-corrected chi connectivity index (χ4v) is 7.46. The molecule has 2 aromatic rings.